The van der Waals surface area contributed by atoms with Crippen molar-refractivity contribution in [1.82, 2.24) is 4.90 Å². The Hall–Kier alpha value is -1.59. The number of amides is 1. The van der Waals surface area contributed by atoms with Crippen LogP contribution in [-0.4, -0.2) is 53.4 Å². The minimum Gasteiger partial charge on any atom is -0.493 e. The number of carbonyl (C=O) groups excluding carboxylic acids is 1. The second-order valence-electron chi connectivity index (χ2n) is 7.62. The molecule has 24 heavy (non-hydrogen) atoms. The standard InChI is InChI=1S/C19H25NO4/c21-11-19-10-20(18(23)13-5-7-14(22)8-6-13)9-16(19)15-3-1-2-4-17(15)24-12-19/h1-4,13-14,16,21-22H,5-12H2. The van der Waals surface area contributed by atoms with Crippen LogP contribution < -0.4 is 4.74 Å². The van der Waals surface area contributed by atoms with Gasteiger partial charge >= 0.3 is 0 Å². The van der Waals surface area contributed by atoms with Crippen molar-refractivity contribution in [3.63, 3.8) is 0 Å². The van der Waals surface area contributed by atoms with Crippen LogP contribution in [0, 0.1) is 11.3 Å². The fraction of sp³-hybridized carbons (Fsp3) is 0.632. The molecule has 3 aliphatic rings. The van der Waals surface area contributed by atoms with Crippen LogP contribution in [-0.2, 0) is 4.79 Å². The van der Waals surface area contributed by atoms with Crippen molar-refractivity contribution >= 4 is 5.91 Å². The molecule has 2 heterocycles. The largest absolute Gasteiger partial charge is 0.493 e. The lowest BCUT2D eigenvalue weighted by Gasteiger charge is -2.37. The zero-order valence-electron chi connectivity index (χ0n) is 13.9. The zero-order valence-corrected chi connectivity index (χ0v) is 13.9. The third-order valence-corrected chi connectivity index (χ3v) is 6.13. The van der Waals surface area contributed by atoms with Gasteiger partial charge in [-0.3, -0.25) is 4.79 Å². The number of likely N-dealkylation sites (tertiary alicyclic amines) is 1. The molecule has 5 nitrogen and oxygen atoms in total. The average molecular weight is 331 g/mol. The number of ether oxygens (including phenoxy) is 1. The van der Waals surface area contributed by atoms with Gasteiger partial charge in [-0.15, -0.1) is 0 Å². The summed E-state index contributed by atoms with van der Waals surface area (Å²) in [5.41, 5.74) is 0.713. The molecule has 2 fully saturated rings. The van der Waals surface area contributed by atoms with Gasteiger partial charge in [0.2, 0.25) is 5.91 Å². The number of fused-ring (bicyclic) bond motifs is 3. The summed E-state index contributed by atoms with van der Waals surface area (Å²) < 4.78 is 5.89. The summed E-state index contributed by atoms with van der Waals surface area (Å²) in [5, 5.41) is 19.7. The molecular weight excluding hydrogens is 306 g/mol. The highest BCUT2D eigenvalue weighted by atomic mass is 16.5. The van der Waals surface area contributed by atoms with Crippen LogP contribution in [0.3, 0.4) is 0 Å². The van der Waals surface area contributed by atoms with Crippen molar-refractivity contribution in [1.29, 1.82) is 0 Å². The second kappa shape index (κ2) is 6.05. The summed E-state index contributed by atoms with van der Waals surface area (Å²) in [7, 11) is 0. The highest BCUT2D eigenvalue weighted by molar-refractivity contribution is 5.79. The summed E-state index contributed by atoms with van der Waals surface area (Å²) in [4.78, 5) is 14.9. The van der Waals surface area contributed by atoms with E-state index in [1.54, 1.807) is 0 Å². The van der Waals surface area contributed by atoms with E-state index in [0.717, 1.165) is 24.2 Å². The number of rotatable bonds is 2. The van der Waals surface area contributed by atoms with E-state index in [1.807, 2.05) is 23.1 Å². The van der Waals surface area contributed by atoms with Gasteiger partial charge in [0.05, 0.1) is 24.7 Å². The Morgan fingerprint density at radius 3 is 2.75 bits per heavy atom. The monoisotopic (exact) mass is 331 g/mol. The molecule has 0 bridgehead atoms. The molecule has 0 radical (unpaired) electrons. The molecule has 1 saturated heterocycles. The molecule has 1 saturated carbocycles. The number of carbonyl (C=O) groups is 1. The molecule has 1 aliphatic carbocycles. The lowest BCUT2D eigenvalue weighted by molar-refractivity contribution is -0.136. The van der Waals surface area contributed by atoms with Crippen molar-refractivity contribution in [2.24, 2.45) is 11.3 Å². The van der Waals surface area contributed by atoms with Gasteiger partial charge in [0.1, 0.15) is 5.75 Å². The van der Waals surface area contributed by atoms with Crippen LogP contribution >= 0.6 is 0 Å². The van der Waals surface area contributed by atoms with Gasteiger partial charge in [0, 0.05) is 24.9 Å². The van der Waals surface area contributed by atoms with Crippen LogP contribution in [0.4, 0.5) is 0 Å². The van der Waals surface area contributed by atoms with Crippen molar-refractivity contribution in [3.05, 3.63) is 29.8 Å². The van der Waals surface area contributed by atoms with E-state index in [4.69, 9.17) is 4.74 Å². The second-order valence-corrected chi connectivity index (χ2v) is 7.62. The Labute approximate surface area is 142 Å². The molecule has 5 heteroatoms. The first-order valence-corrected chi connectivity index (χ1v) is 8.92. The lowest BCUT2D eigenvalue weighted by atomic mass is 9.74. The number of nitrogens with zero attached hydrogens (tertiary/aromatic N) is 1. The van der Waals surface area contributed by atoms with Crippen molar-refractivity contribution < 1.29 is 19.7 Å². The third-order valence-electron chi connectivity index (χ3n) is 6.13. The summed E-state index contributed by atoms with van der Waals surface area (Å²) in [5.74, 6) is 1.20. The summed E-state index contributed by atoms with van der Waals surface area (Å²) in [6.07, 6.45) is 2.70. The molecule has 1 aromatic carbocycles. The highest BCUT2D eigenvalue weighted by Gasteiger charge is 2.52. The Kier molecular flexibility index (Phi) is 4.01. The van der Waals surface area contributed by atoms with Crippen molar-refractivity contribution in [3.8, 4) is 5.75 Å². The normalized spacial score (nSPS) is 35.1. The minimum absolute atomic E-state index is 0.0143. The van der Waals surface area contributed by atoms with Gasteiger partial charge in [-0.05, 0) is 37.3 Å². The summed E-state index contributed by atoms with van der Waals surface area (Å²) in [6.45, 7) is 1.69. The molecule has 4 rings (SSSR count). The molecule has 2 atom stereocenters. The molecule has 130 valence electrons. The van der Waals surface area contributed by atoms with E-state index in [1.165, 1.54) is 0 Å². The zero-order chi connectivity index (χ0) is 16.7. The number of para-hydroxylation sites is 1. The highest BCUT2D eigenvalue weighted by Crippen LogP contribution is 2.49. The van der Waals surface area contributed by atoms with Gasteiger partial charge in [-0.2, -0.15) is 0 Å². The SMILES string of the molecule is O=C(C1CCC(O)CC1)N1CC2c3ccccc3OCC2(CO)C1. The maximum absolute atomic E-state index is 12.9. The number of hydrogen-bond donors (Lipinski definition) is 2. The van der Waals surface area contributed by atoms with Gasteiger partial charge < -0.3 is 19.8 Å². The van der Waals surface area contributed by atoms with E-state index in [9.17, 15) is 15.0 Å². The maximum Gasteiger partial charge on any atom is 0.225 e. The van der Waals surface area contributed by atoms with E-state index in [2.05, 4.69) is 6.07 Å². The van der Waals surface area contributed by atoms with E-state index in [-0.39, 0.29) is 30.5 Å². The summed E-state index contributed by atoms with van der Waals surface area (Å²) >= 11 is 0. The van der Waals surface area contributed by atoms with Crippen molar-refractivity contribution in [2.75, 3.05) is 26.3 Å². The minimum atomic E-state index is -0.391. The quantitative estimate of drug-likeness (QED) is 0.862. The van der Waals surface area contributed by atoms with Crippen LogP contribution in [0.25, 0.3) is 0 Å². The number of aliphatic hydroxyl groups is 2. The molecule has 1 aromatic rings. The van der Waals surface area contributed by atoms with Gasteiger partial charge in [0.15, 0.2) is 0 Å². The first-order valence-electron chi connectivity index (χ1n) is 8.92. The van der Waals surface area contributed by atoms with E-state index >= 15 is 0 Å². The first-order chi connectivity index (χ1) is 11.6. The van der Waals surface area contributed by atoms with E-state index < -0.39 is 5.41 Å². The fourth-order valence-electron chi connectivity index (χ4n) is 4.62. The Morgan fingerprint density at radius 1 is 1.25 bits per heavy atom. The van der Waals surface area contributed by atoms with Gasteiger partial charge in [-0.1, -0.05) is 18.2 Å². The van der Waals surface area contributed by atoms with Crippen LogP contribution in [0.1, 0.15) is 37.2 Å². The Morgan fingerprint density at radius 2 is 2.00 bits per heavy atom. The van der Waals surface area contributed by atoms with Gasteiger partial charge in [-0.25, -0.2) is 0 Å². The molecular formula is C19H25NO4. The molecule has 0 aromatic heterocycles. The van der Waals surface area contributed by atoms with Crippen LogP contribution in [0.5, 0.6) is 5.75 Å². The van der Waals surface area contributed by atoms with Crippen molar-refractivity contribution in [2.45, 2.75) is 37.7 Å². The summed E-state index contributed by atoms with van der Waals surface area (Å²) in [6, 6.07) is 7.96. The van der Waals surface area contributed by atoms with E-state index in [0.29, 0.717) is 32.5 Å². The Balaban J connectivity index is 1.56. The average Bonchev–Trinajstić information content (AvgIpc) is 3.02. The first kappa shape index (κ1) is 15.9. The van der Waals surface area contributed by atoms with Crippen LogP contribution in [0.15, 0.2) is 24.3 Å². The topological polar surface area (TPSA) is 70.0 Å². The van der Waals surface area contributed by atoms with Gasteiger partial charge in [0.25, 0.3) is 0 Å². The predicted molar refractivity (Wildman–Crippen MR) is 88.7 cm³/mol. The molecule has 0 spiro atoms. The number of benzene rings is 1. The number of hydrogen-bond acceptors (Lipinski definition) is 4. The maximum atomic E-state index is 12.9. The smallest absolute Gasteiger partial charge is 0.225 e. The molecule has 2 unspecified atom stereocenters. The molecule has 2 aliphatic heterocycles. The number of aliphatic hydroxyl groups excluding tert-OH is 2. The van der Waals surface area contributed by atoms with Crippen LogP contribution in [0.2, 0.25) is 0 Å². The fourth-order valence-corrected chi connectivity index (χ4v) is 4.62. The molecule has 1 amide bonds. The molecule has 2 N–H and O–H groups in total. The lowest BCUT2D eigenvalue weighted by Crippen LogP contribution is -2.43. The third kappa shape index (κ3) is 2.50. The Bertz CT molecular complexity index is 626. The predicted octanol–water partition coefficient (Wildman–Crippen LogP) is 1.53.